The third-order valence-corrected chi connectivity index (χ3v) is 5.02. The Labute approximate surface area is 146 Å². The van der Waals surface area contributed by atoms with E-state index in [0.717, 1.165) is 24.1 Å². The lowest BCUT2D eigenvalue weighted by atomic mass is 9.96. The van der Waals surface area contributed by atoms with E-state index in [2.05, 4.69) is 22.8 Å². The van der Waals surface area contributed by atoms with E-state index in [9.17, 15) is 9.59 Å². The number of carbonyl (C=O) groups is 2. The predicted octanol–water partition coefficient (Wildman–Crippen LogP) is 2.40. The lowest BCUT2D eigenvalue weighted by Crippen LogP contribution is -2.36. The number of ether oxygens (including phenoxy) is 1. The van der Waals surface area contributed by atoms with Gasteiger partial charge in [0.1, 0.15) is 5.75 Å². The first-order valence-corrected chi connectivity index (χ1v) is 8.49. The minimum atomic E-state index is -0.440. The van der Waals surface area contributed by atoms with Gasteiger partial charge in [-0.05, 0) is 35.6 Å². The molecule has 0 unspecified atom stereocenters. The molecular weight excluding hydrogens is 316 g/mol. The van der Waals surface area contributed by atoms with Gasteiger partial charge in [0.25, 0.3) is 0 Å². The largest absolute Gasteiger partial charge is 0.497 e. The van der Waals surface area contributed by atoms with E-state index < -0.39 is 5.92 Å². The Kier molecular flexibility index (Phi) is 3.92. The molecule has 0 saturated carbocycles. The summed E-state index contributed by atoms with van der Waals surface area (Å²) >= 11 is 0. The summed E-state index contributed by atoms with van der Waals surface area (Å²) in [4.78, 5) is 24.7. The molecule has 4 rings (SSSR count). The average Bonchev–Trinajstić information content (AvgIpc) is 3.14. The van der Waals surface area contributed by atoms with Gasteiger partial charge in [-0.3, -0.25) is 9.59 Å². The molecule has 25 heavy (non-hydrogen) atoms. The lowest BCUT2D eigenvalue weighted by Gasteiger charge is -2.14. The predicted molar refractivity (Wildman–Crippen MR) is 94.8 cm³/mol. The number of benzene rings is 2. The van der Waals surface area contributed by atoms with Crippen molar-refractivity contribution in [2.75, 3.05) is 12.4 Å². The van der Waals surface area contributed by atoms with E-state index >= 15 is 0 Å². The van der Waals surface area contributed by atoms with Crippen molar-refractivity contribution in [1.29, 1.82) is 0 Å². The van der Waals surface area contributed by atoms with Crippen LogP contribution in [0.25, 0.3) is 0 Å². The molecule has 2 aromatic carbocycles. The van der Waals surface area contributed by atoms with Crippen molar-refractivity contribution >= 4 is 17.5 Å². The zero-order valence-electron chi connectivity index (χ0n) is 14.0. The molecule has 1 atom stereocenters. The highest BCUT2D eigenvalue weighted by Gasteiger charge is 2.33. The molecular formula is C20H20N2O3. The number of rotatable bonds is 4. The summed E-state index contributed by atoms with van der Waals surface area (Å²) in [5, 5.41) is 5.92. The van der Waals surface area contributed by atoms with Gasteiger partial charge in [-0.1, -0.05) is 30.3 Å². The van der Waals surface area contributed by atoms with Crippen molar-refractivity contribution in [3.05, 3.63) is 59.2 Å². The minimum absolute atomic E-state index is 0.0818. The van der Waals surface area contributed by atoms with Crippen molar-refractivity contribution in [1.82, 2.24) is 5.32 Å². The molecule has 128 valence electrons. The average molecular weight is 336 g/mol. The first kappa shape index (κ1) is 15.7. The second kappa shape index (κ2) is 6.24. The van der Waals surface area contributed by atoms with Crippen molar-refractivity contribution in [3.63, 3.8) is 0 Å². The van der Waals surface area contributed by atoms with Crippen LogP contribution in [0, 0.1) is 0 Å². The number of hydrogen-bond donors (Lipinski definition) is 2. The van der Waals surface area contributed by atoms with Crippen molar-refractivity contribution < 1.29 is 14.3 Å². The topological polar surface area (TPSA) is 67.4 Å². The molecule has 0 aromatic heterocycles. The second-order valence-corrected chi connectivity index (χ2v) is 6.64. The smallest absolute Gasteiger partial charge is 0.232 e. The van der Waals surface area contributed by atoms with Crippen LogP contribution in [0.15, 0.2) is 42.5 Å². The van der Waals surface area contributed by atoms with Gasteiger partial charge in [-0.2, -0.15) is 0 Å². The van der Waals surface area contributed by atoms with E-state index in [4.69, 9.17) is 4.74 Å². The Morgan fingerprint density at radius 2 is 1.92 bits per heavy atom. The maximum Gasteiger partial charge on any atom is 0.232 e. The standard InChI is InChI=1S/C20H20N2O3/c1-25-15-6-7-16-17(20(24)22-18(16)10-15)11-19(23)21-14-8-12-4-2-3-5-13(12)9-14/h2-7,10,14,17H,8-9,11H2,1H3,(H,21,23)(H,22,24)/t17-/m1/s1. The molecule has 2 N–H and O–H groups in total. The normalized spacial score (nSPS) is 18.4. The van der Waals surface area contributed by atoms with Crippen LogP contribution in [0.1, 0.15) is 29.0 Å². The summed E-state index contributed by atoms with van der Waals surface area (Å²) in [7, 11) is 1.59. The Balaban J connectivity index is 1.42. The van der Waals surface area contributed by atoms with Gasteiger partial charge >= 0.3 is 0 Å². The first-order valence-electron chi connectivity index (χ1n) is 8.49. The van der Waals surface area contributed by atoms with Crippen LogP contribution < -0.4 is 15.4 Å². The molecule has 2 aromatic rings. The molecule has 0 fully saturated rings. The highest BCUT2D eigenvalue weighted by atomic mass is 16.5. The second-order valence-electron chi connectivity index (χ2n) is 6.64. The van der Waals surface area contributed by atoms with E-state index in [0.29, 0.717) is 5.75 Å². The van der Waals surface area contributed by atoms with Gasteiger partial charge in [-0.15, -0.1) is 0 Å². The van der Waals surface area contributed by atoms with Crippen LogP contribution in [-0.4, -0.2) is 25.0 Å². The number of fused-ring (bicyclic) bond motifs is 2. The summed E-state index contributed by atoms with van der Waals surface area (Å²) in [6.07, 6.45) is 1.87. The van der Waals surface area contributed by atoms with Gasteiger partial charge in [-0.25, -0.2) is 0 Å². The number of carbonyl (C=O) groups excluding carboxylic acids is 2. The molecule has 0 bridgehead atoms. The van der Waals surface area contributed by atoms with Gasteiger partial charge < -0.3 is 15.4 Å². The fraction of sp³-hybridized carbons (Fsp3) is 0.300. The van der Waals surface area contributed by atoms with Gasteiger partial charge in [0.15, 0.2) is 0 Å². The fourth-order valence-electron chi connectivity index (χ4n) is 3.77. The molecule has 2 aliphatic rings. The van der Waals surface area contributed by atoms with Crippen LogP contribution in [0.2, 0.25) is 0 Å². The molecule has 0 saturated heterocycles. The highest BCUT2D eigenvalue weighted by molar-refractivity contribution is 6.05. The zero-order chi connectivity index (χ0) is 17.4. The molecule has 0 spiro atoms. The van der Waals surface area contributed by atoms with Crippen LogP contribution in [-0.2, 0) is 22.4 Å². The van der Waals surface area contributed by atoms with Crippen LogP contribution >= 0.6 is 0 Å². The van der Waals surface area contributed by atoms with E-state index in [-0.39, 0.29) is 24.3 Å². The molecule has 0 radical (unpaired) electrons. The van der Waals surface area contributed by atoms with E-state index in [1.807, 2.05) is 24.3 Å². The molecule has 5 nitrogen and oxygen atoms in total. The molecule has 5 heteroatoms. The zero-order valence-corrected chi connectivity index (χ0v) is 14.0. The van der Waals surface area contributed by atoms with Gasteiger partial charge in [0.05, 0.1) is 13.0 Å². The summed E-state index contributed by atoms with van der Waals surface area (Å²) in [5.41, 5.74) is 4.18. The molecule has 1 aliphatic heterocycles. The molecule has 1 heterocycles. The maximum atomic E-state index is 12.5. The molecule has 1 aliphatic carbocycles. The summed E-state index contributed by atoms with van der Waals surface area (Å²) < 4.78 is 5.18. The summed E-state index contributed by atoms with van der Waals surface area (Å²) in [6, 6.07) is 13.8. The summed E-state index contributed by atoms with van der Waals surface area (Å²) in [6.45, 7) is 0. The third-order valence-electron chi connectivity index (χ3n) is 5.02. The minimum Gasteiger partial charge on any atom is -0.497 e. The van der Waals surface area contributed by atoms with Crippen LogP contribution in [0.5, 0.6) is 5.75 Å². The highest BCUT2D eigenvalue weighted by Crippen LogP contribution is 2.37. The van der Waals surface area contributed by atoms with Crippen molar-refractivity contribution in [3.8, 4) is 5.75 Å². The number of methoxy groups -OCH3 is 1. The van der Waals surface area contributed by atoms with Crippen molar-refractivity contribution in [2.45, 2.75) is 31.2 Å². The Hall–Kier alpha value is -2.82. The maximum absolute atomic E-state index is 12.5. The Bertz CT molecular complexity index is 822. The fourth-order valence-corrected chi connectivity index (χ4v) is 3.77. The quantitative estimate of drug-likeness (QED) is 0.901. The third kappa shape index (κ3) is 2.97. The van der Waals surface area contributed by atoms with Gasteiger partial charge in [0, 0.05) is 24.2 Å². The van der Waals surface area contributed by atoms with Gasteiger partial charge in [0.2, 0.25) is 11.8 Å². The van der Waals surface area contributed by atoms with E-state index in [1.54, 1.807) is 13.2 Å². The SMILES string of the molecule is COc1ccc2c(c1)NC(=O)[C@@H]2CC(=O)NC1Cc2ccccc2C1. The van der Waals surface area contributed by atoms with Crippen molar-refractivity contribution in [2.24, 2.45) is 0 Å². The number of nitrogens with one attached hydrogen (secondary N) is 2. The molecule has 2 amide bonds. The first-order chi connectivity index (χ1) is 12.1. The number of anilines is 1. The monoisotopic (exact) mass is 336 g/mol. The number of hydrogen-bond acceptors (Lipinski definition) is 3. The summed E-state index contributed by atoms with van der Waals surface area (Å²) in [5.74, 6) is 0.0345. The van der Waals surface area contributed by atoms with Crippen LogP contribution in [0.3, 0.4) is 0 Å². The lowest BCUT2D eigenvalue weighted by molar-refractivity contribution is -0.125. The number of amides is 2. The van der Waals surface area contributed by atoms with Crippen LogP contribution in [0.4, 0.5) is 5.69 Å². The van der Waals surface area contributed by atoms with E-state index in [1.165, 1.54) is 11.1 Å². The Morgan fingerprint density at radius 1 is 1.20 bits per heavy atom. The Morgan fingerprint density at radius 3 is 2.60 bits per heavy atom.